The summed E-state index contributed by atoms with van der Waals surface area (Å²) >= 11 is 0. The van der Waals surface area contributed by atoms with Gasteiger partial charge in [0.05, 0.1) is 33.0 Å². The van der Waals surface area contributed by atoms with Crippen molar-refractivity contribution in [1.29, 1.82) is 0 Å². The van der Waals surface area contributed by atoms with Gasteiger partial charge in [-0.15, -0.1) is 0 Å². The fraction of sp³-hybridized carbons (Fsp3) is 0.404. The molecule has 0 radical (unpaired) electrons. The van der Waals surface area contributed by atoms with Gasteiger partial charge < -0.3 is 33.2 Å². The molecule has 0 saturated heterocycles. The normalized spacial score (nSPS) is 25.4. The number of ether oxygens (including phenoxy) is 7. The molecular formula is C52H60O8. The third-order valence-corrected chi connectivity index (χ3v) is 11.8. The van der Waals surface area contributed by atoms with Crippen LogP contribution in [0.5, 0.6) is 0 Å². The van der Waals surface area contributed by atoms with E-state index in [1.807, 2.05) is 152 Å². The third-order valence-electron chi connectivity index (χ3n) is 11.8. The second-order valence-corrected chi connectivity index (χ2v) is 16.6. The first-order chi connectivity index (χ1) is 29.4. The number of hydrogen-bond donors (Lipinski definition) is 0. The summed E-state index contributed by atoms with van der Waals surface area (Å²) in [6.45, 7) is 7.88. The Labute approximate surface area is 356 Å². The summed E-state index contributed by atoms with van der Waals surface area (Å²) < 4.78 is 47.8. The minimum atomic E-state index is -1.01. The Morgan fingerprint density at radius 2 is 0.750 bits per heavy atom. The van der Waals surface area contributed by atoms with Crippen LogP contribution in [0.2, 0.25) is 0 Å². The molecule has 0 aromatic heterocycles. The molecule has 5 aromatic rings. The molecule has 8 heteroatoms. The van der Waals surface area contributed by atoms with Crippen molar-refractivity contribution < 1.29 is 38.0 Å². The standard InChI is InChI=1S/C52H60O8/c1-37(2)44-30-29-38(3)31-45(44)59-52(53)60-51-49(57-35-42-25-15-7-16-26-42)47(55-33-40-21-11-5-12-22-40)46(54-32-39-19-9-4-10-20-39)48(56-34-41-23-13-6-14-24-41)50(51)58-36-43-27-17-8-18-28-43/h4-28,37-38,44-51H,29-36H2,1-3H3/t38-,44+,45-,46?,47-,48+,49+,50+,51?/m0/s1. The van der Waals surface area contributed by atoms with Gasteiger partial charge >= 0.3 is 6.16 Å². The van der Waals surface area contributed by atoms with Crippen molar-refractivity contribution in [3.05, 3.63) is 179 Å². The van der Waals surface area contributed by atoms with Crippen LogP contribution in [0.15, 0.2) is 152 Å². The minimum absolute atomic E-state index is 0.230. The molecule has 0 N–H and O–H groups in total. The van der Waals surface area contributed by atoms with Crippen LogP contribution < -0.4 is 0 Å². The van der Waals surface area contributed by atoms with Crippen LogP contribution in [-0.2, 0) is 66.2 Å². The molecule has 60 heavy (non-hydrogen) atoms. The summed E-state index contributed by atoms with van der Waals surface area (Å²) in [6.07, 6.45) is -3.12. The van der Waals surface area contributed by atoms with E-state index in [9.17, 15) is 4.79 Å². The Kier molecular flexibility index (Phi) is 16.0. The van der Waals surface area contributed by atoms with Crippen molar-refractivity contribution in [2.75, 3.05) is 0 Å². The summed E-state index contributed by atoms with van der Waals surface area (Å²) in [5, 5.41) is 0. The van der Waals surface area contributed by atoms with E-state index in [4.69, 9.17) is 33.2 Å². The van der Waals surface area contributed by atoms with Crippen molar-refractivity contribution in [3.8, 4) is 0 Å². The summed E-state index contributed by atoms with van der Waals surface area (Å²) in [4.78, 5) is 14.4. The molecule has 8 nitrogen and oxygen atoms in total. The molecule has 9 atom stereocenters. The maximum Gasteiger partial charge on any atom is 0.509 e. The molecule has 2 fully saturated rings. The highest BCUT2D eigenvalue weighted by Crippen LogP contribution is 2.39. The van der Waals surface area contributed by atoms with E-state index in [1.165, 1.54) is 0 Å². The van der Waals surface area contributed by atoms with Gasteiger partial charge in [0.1, 0.15) is 36.6 Å². The number of benzene rings is 5. The Morgan fingerprint density at radius 3 is 1.05 bits per heavy atom. The van der Waals surface area contributed by atoms with Crippen molar-refractivity contribution in [2.45, 2.75) is 116 Å². The van der Waals surface area contributed by atoms with E-state index in [0.717, 1.165) is 47.1 Å². The Hall–Kier alpha value is -4.83. The molecule has 0 spiro atoms. The topological polar surface area (TPSA) is 81.7 Å². The first kappa shape index (κ1) is 43.3. The molecule has 7 rings (SSSR count). The SMILES string of the molecule is CC(C)[C@H]1CC[C@H](C)C[C@@H]1OC(=O)OC1[C@H](OCc2ccccc2)[C@H](OCc2ccccc2)C(OCc2ccccc2)[C@H](OCc2ccccc2)[C@H]1OCc1ccccc1. The van der Waals surface area contributed by atoms with Crippen LogP contribution in [-0.4, -0.2) is 48.9 Å². The number of hydrogen-bond acceptors (Lipinski definition) is 8. The van der Waals surface area contributed by atoms with Gasteiger partial charge in [0.15, 0.2) is 6.10 Å². The largest absolute Gasteiger partial charge is 0.509 e. The number of carbonyl (C=O) groups is 1. The van der Waals surface area contributed by atoms with Crippen molar-refractivity contribution in [2.24, 2.45) is 17.8 Å². The van der Waals surface area contributed by atoms with Gasteiger partial charge in [0, 0.05) is 0 Å². The second kappa shape index (κ2) is 22.1. The van der Waals surface area contributed by atoms with Gasteiger partial charge in [-0.2, -0.15) is 0 Å². The van der Waals surface area contributed by atoms with E-state index in [0.29, 0.717) is 11.8 Å². The van der Waals surface area contributed by atoms with Crippen molar-refractivity contribution in [3.63, 3.8) is 0 Å². The first-order valence-electron chi connectivity index (χ1n) is 21.6. The highest BCUT2D eigenvalue weighted by Gasteiger charge is 2.56. The molecule has 0 bridgehead atoms. The monoisotopic (exact) mass is 812 g/mol. The van der Waals surface area contributed by atoms with Crippen LogP contribution in [0.4, 0.5) is 4.79 Å². The zero-order valence-electron chi connectivity index (χ0n) is 35.1. The molecule has 0 heterocycles. The predicted molar refractivity (Wildman–Crippen MR) is 232 cm³/mol. The van der Waals surface area contributed by atoms with E-state index in [2.05, 4.69) is 20.8 Å². The summed E-state index contributed by atoms with van der Waals surface area (Å²) in [6, 6.07) is 50.0. The lowest BCUT2D eigenvalue weighted by Gasteiger charge is -2.49. The summed E-state index contributed by atoms with van der Waals surface area (Å²) in [5.74, 6) is 1.02. The highest BCUT2D eigenvalue weighted by molar-refractivity contribution is 5.60. The average molecular weight is 813 g/mol. The molecule has 316 valence electrons. The maximum atomic E-state index is 14.4. The summed E-state index contributed by atoms with van der Waals surface area (Å²) in [5.41, 5.74) is 4.87. The molecule has 5 aromatic carbocycles. The van der Waals surface area contributed by atoms with E-state index >= 15 is 0 Å². The van der Waals surface area contributed by atoms with Crippen molar-refractivity contribution >= 4 is 6.16 Å². The fourth-order valence-corrected chi connectivity index (χ4v) is 8.55. The fourth-order valence-electron chi connectivity index (χ4n) is 8.55. The summed E-state index contributed by atoms with van der Waals surface area (Å²) in [7, 11) is 0. The Balaban J connectivity index is 1.30. The van der Waals surface area contributed by atoms with Gasteiger partial charge in [-0.25, -0.2) is 4.79 Å². The number of carbonyl (C=O) groups excluding carboxylic acids is 1. The number of rotatable bonds is 18. The lowest BCUT2D eigenvalue weighted by Crippen LogP contribution is -2.67. The molecule has 2 unspecified atom stereocenters. The van der Waals surface area contributed by atoms with Crippen molar-refractivity contribution in [1.82, 2.24) is 0 Å². The van der Waals surface area contributed by atoms with E-state index < -0.39 is 42.8 Å². The van der Waals surface area contributed by atoms with E-state index in [1.54, 1.807) is 0 Å². The molecular weight excluding hydrogens is 753 g/mol. The zero-order chi connectivity index (χ0) is 41.5. The lowest BCUT2D eigenvalue weighted by atomic mass is 9.75. The van der Waals surface area contributed by atoms with Crippen LogP contribution >= 0.6 is 0 Å². The first-order valence-corrected chi connectivity index (χ1v) is 21.6. The smallest absolute Gasteiger partial charge is 0.431 e. The van der Waals surface area contributed by atoms with Gasteiger partial charge in [-0.05, 0) is 58.4 Å². The Bertz CT molecular complexity index is 1860. The Morgan fingerprint density at radius 1 is 0.450 bits per heavy atom. The van der Waals surface area contributed by atoms with Crippen LogP contribution in [0, 0.1) is 17.8 Å². The molecule has 2 aliphatic carbocycles. The van der Waals surface area contributed by atoms with Gasteiger partial charge in [0.2, 0.25) is 0 Å². The van der Waals surface area contributed by atoms with E-state index in [-0.39, 0.29) is 45.1 Å². The molecule has 2 saturated carbocycles. The van der Waals surface area contributed by atoms with Gasteiger partial charge in [-0.3, -0.25) is 0 Å². The van der Waals surface area contributed by atoms with Gasteiger partial charge in [-0.1, -0.05) is 179 Å². The quantitative estimate of drug-likeness (QED) is 0.0809. The highest BCUT2D eigenvalue weighted by atomic mass is 16.7. The van der Waals surface area contributed by atoms with Gasteiger partial charge in [0.25, 0.3) is 0 Å². The zero-order valence-corrected chi connectivity index (χ0v) is 35.1. The molecule has 0 amide bonds. The van der Waals surface area contributed by atoms with Crippen LogP contribution in [0.3, 0.4) is 0 Å². The lowest BCUT2D eigenvalue weighted by molar-refractivity contribution is -0.285. The third kappa shape index (κ3) is 12.1. The molecule has 0 aliphatic heterocycles. The van der Waals surface area contributed by atoms with Crippen LogP contribution in [0.25, 0.3) is 0 Å². The van der Waals surface area contributed by atoms with Crippen LogP contribution in [0.1, 0.15) is 67.9 Å². The maximum absolute atomic E-state index is 14.4. The molecule has 2 aliphatic rings. The minimum Gasteiger partial charge on any atom is -0.431 e. The predicted octanol–water partition coefficient (Wildman–Crippen LogP) is 10.9. The average Bonchev–Trinajstić information content (AvgIpc) is 3.28. The second-order valence-electron chi connectivity index (χ2n) is 16.6.